The summed E-state index contributed by atoms with van der Waals surface area (Å²) in [5, 5.41) is 25.6. The van der Waals surface area contributed by atoms with Crippen molar-refractivity contribution in [3.05, 3.63) is 70.0 Å². The fourth-order valence-corrected chi connectivity index (χ4v) is 2.52. The van der Waals surface area contributed by atoms with Gasteiger partial charge in [-0.05, 0) is 41.1 Å². The van der Waals surface area contributed by atoms with Gasteiger partial charge in [0.05, 0.1) is 10.5 Å². The van der Waals surface area contributed by atoms with E-state index in [9.17, 15) is 14.9 Å². The van der Waals surface area contributed by atoms with E-state index in [2.05, 4.69) is 20.8 Å². The van der Waals surface area contributed by atoms with Crippen molar-refractivity contribution in [2.24, 2.45) is 0 Å². The van der Waals surface area contributed by atoms with Gasteiger partial charge < -0.3 is 10.1 Å². The number of nitro groups is 1. The fraction of sp³-hybridized carbons (Fsp3) is 0.222. The molecule has 0 atom stereocenters. The summed E-state index contributed by atoms with van der Waals surface area (Å²) in [6, 6.07) is 13.2. The minimum atomic E-state index is -0.694. The average molecular weight is 382 g/mol. The van der Waals surface area contributed by atoms with Crippen LogP contribution in [0.2, 0.25) is 0 Å². The van der Waals surface area contributed by atoms with Crippen molar-refractivity contribution in [3.8, 4) is 0 Å². The van der Waals surface area contributed by atoms with Gasteiger partial charge in [-0.2, -0.15) is 0 Å². The molecule has 2 aromatic carbocycles. The number of nitrogens with one attached hydrogen (secondary N) is 1. The van der Waals surface area contributed by atoms with Crippen LogP contribution < -0.4 is 5.32 Å². The highest BCUT2D eigenvalue weighted by Crippen LogP contribution is 2.29. The maximum Gasteiger partial charge on any atom is 0.338 e. The first kappa shape index (κ1) is 19.0. The zero-order valence-corrected chi connectivity index (χ0v) is 15.1. The van der Waals surface area contributed by atoms with Gasteiger partial charge in [0.15, 0.2) is 12.4 Å². The maximum atomic E-state index is 12.3. The Morgan fingerprint density at radius 2 is 2.04 bits per heavy atom. The number of nitro benzene ring substituents is 1. The summed E-state index contributed by atoms with van der Waals surface area (Å²) in [7, 11) is 0. The number of carbonyl (C=O) groups excluding carboxylic acids is 1. The predicted octanol–water partition coefficient (Wildman–Crippen LogP) is 3.09. The summed E-state index contributed by atoms with van der Waals surface area (Å²) < 4.78 is 6.75. The van der Waals surface area contributed by atoms with Gasteiger partial charge in [0.25, 0.3) is 5.69 Å². The topological polar surface area (TPSA) is 125 Å². The van der Waals surface area contributed by atoms with Crippen molar-refractivity contribution in [1.29, 1.82) is 0 Å². The molecule has 1 heterocycles. The SMILES string of the molecule is CCCn1nnnc1COC(=O)c1ccc(Nc2ccccc2)c([N+](=O)[O-])c1. The number of tetrazole rings is 1. The highest BCUT2D eigenvalue weighted by atomic mass is 16.6. The molecular weight excluding hydrogens is 364 g/mol. The number of ether oxygens (including phenoxy) is 1. The van der Waals surface area contributed by atoms with Crippen LogP contribution in [0.25, 0.3) is 0 Å². The van der Waals surface area contributed by atoms with E-state index in [0.717, 1.165) is 6.42 Å². The van der Waals surface area contributed by atoms with E-state index in [1.165, 1.54) is 18.2 Å². The first-order valence-corrected chi connectivity index (χ1v) is 8.61. The number of hydrogen-bond acceptors (Lipinski definition) is 8. The summed E-state index contributed by atoms with van der Waals surface area (Å²) in [5.41, 5.74) is 0.817. The molecule has 0 radical (unpaired) electrons. The molecule has 10 nitrogen and oxygen atoms in total. The Morgan fingerprint density at radius 3 is 2.75 bits per heavy atom. The summed E-state index contributed by atoms with van der Waals surface area (Å²) in [6.07, 6.45) is 0.827. The number of carbonyl (C=O) groups is 1. The van der Waals surface area contributed by atoms with Gasteiger partial charge in [-0.25, -0.2) is 9.48 Å². The molecule has 144 valence electrons. The second-order valence-electron chi connectivity index (χ2n) is 5.87. The van der Waals surface area contributed by atoms with E-state index in [4.69, 9.17) is 4.74 Å². The van der Waals surface area contributed by atoms with E-state index in [0.29, 0.717) is 18.1 Å². The molecule has 0 unspecified atom stereocenters. The number of para-hydroxylation sites is 1. The lowest BCUT2D eigenvalue weighted by Gasteiger charge is -2.09. The van der Waals surface area contributed by atoms with Gasteiger partial charge in [-0.3, -0.25) is 10.1 Å². The first-order chi connectivity index (χ1) is 13.6. The molecule has 3 aromatic rings. The van der Waals surface area contributed by atoms with Crippen LogP contribution >= 0.6 is 0 Å². The third-order valence-electron chi connectivity index (χ3n) is 3.86. The first-order valence-electron chi connectivity index (χ1n) is 8.61. The number of benzene rings is 2. The number of aryl methyl sites for hydroxylation is 1. The molecule has 28 heavy (non-hydrogen) atoms. The zero-order chi connectivity index (χ0) is 19.9. The van der Waals surface area contributed by atoms with Crippen LogP contribution in [0.4, 0.5) is 17.1 Å². The molecule has 0 fully saturated rings. The molecule has 0 aliphatic carbocycles. The predicted molar refractivity (Wildman–Crippen MR) is 100 cm³/mol. The molecule has 10 heteroatoms. The lowest BCUT2D eigenvalue weighted by molar-refractivity contribution is -0.383. The highest BCUT2D eigenvalue weighted by Gasteiger charge is 2.19. The van der Waals surface area contributed by atoms with Crippen LogP contribution in [0.3, 0.4) is 0 Å². The largest absolute Gasteiger partial charge is 0.454 e. The second-order valence-corrected chi connectivity index (χ2v) is 5.87. The molecule has 1 N–H and O–H groups in total. The third kappa shape index (κ3) is 4.47. The van der Waals surface area contributed by atoms with Gasteiger partial charge in [0.1, 0.15) is 5.69 Å². The Balaban J connectivity index is 1.74. The van der Waals surface area contributed by atoms with Crippen LogP contribution in [0, 0.1) is 10.1 Å². The molecule has 0 saturated carbocycles. The lowest BCUT2D eigenvalue weighted by atomic mass is 10.1. The van der Waals surface area contributed by atoms with Crippen LogP contribution in [-0.4, -0.2) is 31.1 Å². The van der Waals surface area contributed by atoms with Crippen molar-refractivity contribution in [3.63, 3.8) is 0 Å². The highest BCUT2D eigenvalue weighted by molar-refractivity contribution is 5.91. The van der Waals surface area contributed by atoms with Gasteiger partial charge in [-0.1, -0.05) is 25.1 Å². The number of nitrogens with zero attached hydrogens (tertiary/aromatic N) is 5. The van der Waals surface area contributed by atoms with Crippen LogP contribution in [0.15, 0.2) is 48.5 Å². The number of hydrogen-bond donors (Lipinski definition) is 1. The van der Waals surface area contributed by atoms with Crippen molar-refractivity contribution in [2.45, 2.75) is 26.5 Å². The Bertz CT molecular complexity index is 973. The third-order valence-corrected chi connectivity index (χ3v) is 3.86. The quantitative estimate of drug-likeness (QED) is 0.358. The second kappa shape index (κ2) is 8.71. The molecular formula is C18H18N6O4. The Labute approximate surface area is 160 Å². The molecule has 0 aliphatic rings. The molecule has 0 aliphatic heterocycles. The summed E-state index contributed by atoms with van der Waals surface area (Å²) in [6.45, 7) is 2.45. The van der Waals surface area contributed by atoms with Gasteiger partial charge >= 0.3 is 5.97 Å². The van der Waals surface area contributed by atoms with E-state index in [-0.39, 0.29) is 23.5 Å². The smallest absolute Gasteiger partial charge is 0.338 e. The average Bonchev–Trinajstić information content (AvgIpc) is 3.14. The van der Waals surface area contributed by atoms with Crippen molar-refractivity contribution < 1.29 is 14.5 Å². The number of rotatable bonds is 8. The van der Waals surface area contributed by atoms with Gasteiger partial charge in [0.2, 0.25) is 0 Å². The normalized spacial score (nSPS) is 10.5. The van der Waals surface area contributed by atoms with Crippen molar-refractivity contribution >= 4 is 23.0 Å². The molecule has 0 amide bonds. The Hall–Kier alpha value is -3.82. The maximum absolute atomic E-state index is 12.3. The lowest BCUT2D eigenvalue weighted by Crippen LogP contribution is -2.11. The van der Waals surface area contributed by atoms with E-state index in [1.807, 2.05) is 25.1 Å². The minimum absolute atomic E-state index is 0.0693. The van der Waals surface area contributed by atoms with Gasteiger partial charge in [0, 0.05) is 18.3 Å². The van der Waals surface area contributed by atoms with Crippen molar-refractivity contribution in [1.82, 2.24) is 20.2 Å². The Morgan fingerprint density at radius 1 is 1.25 bits per heavy atom. The van der Waals surface area contributed by atoms with Crippen molar-refractivity contribution in [2.75, 3.05) is 5.32 Å². The van der Waals surface area contributed by atoms with E-state index in [1.54, 1.807) is 16.8 Å². The molecule has 1 aromatic heterocycles. The number of aromatic nitrogens is 4. The monoisotopic (exact) mass is 382 g/mol. The molecule has 0 bridgehead atoms. The van der Waals surface area contributed by atoms with Crippen LogP contribution in [0.1, 0.15) is 29.5 Å². The molecule has 0 spiro atoms. The number of esters is 1. The van der Waals surface area contributed by atoms with Crippen LogP contribution in [-0.2, 0) is 17.9 Å². The fourth-order valence-electron chi connectivity index (χ4n) is 2.52. The van der Waals surface area contributed by atoms with E-state index >= 15 is 0 Å². The van der Waals surface area contributed by atoms with E-state index < -0.39 is 10.9 Å². The summed E-state index contributed by atoms with van der Waals surface area (Å²) in [5.74, 6) is -0.285. The van der Waals surface area contributed by atoms with Gasteiger partial charge in [-0.15, -0.1) is 5.10 Å². The number of anilines is 2. The summed E-state index contributed by atoms with van der Waals surface area (Å²) >= 11 is 0. The van der Waals surface area contributed by atoms with Crippen LogP contribution in [0.5, 0.6) is 0 Å². The molecule has 0 saturated heterocycles. The summed E-state index contributed by atoms with van der Waals surface area (Å²) in [4.78, 5) is 23.2. The Kier molecular flexibility index (Phi) is 5.90. The zero-order valence-electron chi connectivity index (χ0n) is 15.1. The molecule has 3 rings (SSSR count). The standard InChI is InChI=1S/C18H18N6O4/c1-2-10-23-17(20-21-22-23)12-28-18(25)13-8-9-15(16(11-13)24(26)27)19-14-6-4-3-5-7-14/h3-9,11,19H,2,10,12H2,1H3. The minimum Gasteiger partial charge on any atom is -0.454 e.